The van der Waals surface area contributed by atoms with Crippen molar-refractivity contribution in [1.29, 1.82) is 0 Å². The molecule has 0 spiro atoms. The van der Waals surface area contributed by atoms with Gasteiger partial charge in [-0.25, -0.2) is 18.5 Å². The quantitative estimate of drug-likeness (QED) is 0.570. The monoisotopic (exact) mass is 431 g/mol. The molecule has 0 saturated heterocycles. The van der Waals surface area contributed by atoms with E-state index in [2.05, 4.69) is 10.3 Å². The van der Waals surface area contributed by atoms with Crippen LogP contribution >= 0.6 is 11.3 Å². The Balaban J connectivity index is 1.52. The van der Waals surface area contributed by atoms with E-state index in [0.717, 1.165) is 16.3 Å². The lowest BCUT2D eigenvalue weighted by Crippen LogP contribution is -2.25. The normalized spacial score (nSPS) is 11.2. The zero-order valence-electron chi connectivity index (χ0n) is 15.8. The number of ether oxygens (including phenoxy) is 1. The average molecular weight is 432 g/mol. The molecule has 2 aromatic carbocycles. The van der Waals surface area contributed by atoms with Gasteiger partial charge in [0.2, 0.25) is 10.0 Å². The molecule has 3 rings (SSSR count). The first-order valence-electron chi connectivity index (χ1n) is 8.87. The molecule has 0 aliphatic carbocycles. The maximum atomic E-state index is 12.5. The zero-order valence-corrected chi connectivity index (χ0v) is 17.4. The molecule has 3 N–H and O–H groups in total. The molecule has 0 fully saturated rings. The van der Waals surface area contributed by atoms with E-state index in [1.807, 2.05) is 30.3 Å². The Morgan fingerprint density at radius 2 is 1.83 bits per heavy atom. The van der Waals surface area contributed by atoms with Crippen LogP contribution in [0.4, 0.5) is 0 Å². The molecule has 0 saturated carbocycles. The van der Waals surface area contributed by atoms with Crippen molar-refractivity contribution in [3.05, 3.63) is 75.7 Å². The number of aryl methyl sites for hydroxylation is 1. The summed E-state index contributed by atoms with van der Waals surface area (Å²) >= 11 is 1.31. The second-order valence-electron chi connectivity index (χ2n) is 6.32. The van der Waals surface area contributed by atoms with Crippen molar-refractivity contribution in [2.45, 2.75) is 24.8 Å². The van der Waals surface area contributed by atoms with Crippen molar-refractivity contribution in [2.24, 2.45) is 5.14 Å². The summed E-state index contributed by atoms with van der Waals surface area (Å²) in [6.45, 7) is 2.52. The summed E-state index contributed by atoms with van der Waals surface area (Å²) in [4.78, 5) is 17.5. The highest BCUT2D eigenvalue weighted by atomic mass is 32.2. The zero-order chi connectivity index (χ0) is 20.9. The molecule has 3 aromatic rings. The van der Waals surface area contributed by atoms with Gasteiger partial charge in [-0.15, -0.1) is 11.3 Å². The number of nitrogens with zero attached hydrogens (tertiary/aromatic N) is 1. The number of carbonyl (C=O) groups is 1. The van der Waals surface area contributed by atoms with Crippen LogP contribution in [0.5, 0.6) is 5.75 Å². The molecule has 1 heterocycles. The van der Waals surface area contributed by atoms with Crippen LogP contribution in [-0.4, -0.2) is 25.9 Å². The topological polar surface area (TPSA) is 111 Å². The first kappa shape index (κ1) is 21.0. The van der Waals surface area contributed by atoms with Crippen molar-refractivity contribution in [3.63, 3.8) is 0 Å². The highest BCUT2D eigenvalue weighted by Gasteiger charge is 2.15. The number of nitrogens with one attached hydrogen (secondary N) is 1. The van der Waals surface area contributed by atoms with Crippen molar-refractivity contribution in [3.8, 4) is 5.75 Å². The first-order valence-corrected chi connectivity index (χ1v) is 11.2. The summed E-state index contributed by atoms with van der Waals surface area (Å²) < 4.78 is 28.2. The second kappa shape index (κ2) is 9.17. The number of aromatic nitrogens is 1. The Bertz CT molecular complexity index is 1080. The number of hydrogen-bond donors (Lipinski definition) is 2. The van der Waals surface area contributed by atoms with Crippen LogP contribution in [0, 0.1) is 6.92 Å². The van der Waals surface area contributed by atoms with Gasteiger partial charge in [0.15, 0.2) is 0 Å². The van der Waals surface area contributed by atoms with E-state index in [4.69, 9.17) is 9.88 Å². The summed E-state index contributed by atoms with van der Waals surface area (Å²) in [6.07, 6.45) is 0.568. The fraction of sp³-hybridized carbons (Fsp3) is 0.200. The van der Waals surface area contributed by atoms with E-state index >= 15 is 0 Å². The first-order chi connectivity index (χ1) is 13.8. The molecule has 152 valence electrons. The van der Waals surface area contributed by atoms with Crippen LogP contribution in [0.1, 0.15) is 25.9 Å². The van der Waals surface area contributed by atoms with Crippen molar-refractivity contribution < 1.29 is 17.9 Å². The highest BCUT2D eigenvalue weighted by Crippen LogP contribution is 2.20. The largest absolute Gasteiger partial charge is 0.486 e. The fourth-order valence-corrected chi connectivity index (χ4v) is 4.04. The van der Waals surface area contributed by atoms with Crippen LogP contribution in [0.15, 0.2) is 59.5 Å². The molecule has 0 aliphatic rings. The fourth-order valence-electron chi connectivity index (χ4n) is 2.63. The average Bonchev–Trinajstić information content (AvgIpc) is 3.07. The van der Waals surface area contributed by atoms with E-state index < -0.39 is 10.0 Å². The van der Waals surface area contributed by atoms with Gasteiger partial charge in [0.05, 0.1) is 10.6 Å². The molecule has 0 aliphatic heterocycles. The Labute approximate surface area is 173 Å². The number of rotatable bonds is 8. The Kier molecular flexibility index (Phi) is 6.63. The number of benzene rings is 2. The molecule has 9 heteroatoms. The Morgan fingerprint density at radius 3 is 2.48 bits per heavy atom. The third kappa shape index (κ3) is 5.86. The summed E-state index contributed by atoms with van der Waals surface area (Å²) in [5.74, 6) is 0.562. The lowest BCUT2D eigenvalue weighted by atomic mass is 10.1. The molecule has 0 bridgehead atoms. The third-order valence-electron chi connectivity index (χ3n) is 4.10. The third-order valence-corrected chi connectivity index (χ3v) is 6.16. The van der Waals surface area contributed by atoms with E-state index in [-0.39, 0.29) is 10.8 Å². The van der Waals surface area contributed by atoms with Gasteiger partial charge < -0.3 is 10.1 Å². The number of primary sulfonamides is 1. The van der Waals surface area contributed by atoms with Gasteiger partial charge >= 0.3 is 0 Å². The predicted molar refractivity (Wildman–Crippen MR) is 111 cm³/mol. The SMILES string of the molecule is Cc1nc(COc2ccccc2)sc1C(=O)NCCc1ccc(S(N)(=O)=O)cc1. The van der Waals surface area contributed by atoms with Crippen LogP contribution in [-0.2, 0) is 23.1 Å². The molecular formula is C20H21N3O4S2. The smallest absolute Gasteiger partial charge is 0.263 e. The molecule has 1 amide bonds. The van der Waals surface area contributed by atoms with Gasteiger partial charge in [-0.2, -0.15) is 0 Å². The van der Waals surface area contributed by atoms with Gasteiger partial charge in [0.1, 0.15) is 22.2 Å². The minimum atomic E-state index is -3.70. The maximum Gasteiger partial charge on any atom is 0.263 e. The number of carbonyl (C=O) groups excluding carboxylic acids is 1. The molecule has 1 aromatic heterocycles. The van der Waals surface area contributed by atoms with E-state index in [9.17, 15) is 13.2 Å². The van der Waals surface area contributed by atoms with Crippen molar-refractivity contribution in [2.75, 3.05) is 6.54 Å². The molecule has 29 heavy (non-hydrogen) atoms. The standard InChI is InChI=1S/C20H21N3O4S2/c1-14-19(28-18(23-14)13-27-16-5-3-2-4-6-16)20(24)22-12-11-15-7-9-17(10-8-15)29(21,25)26/h2-10H,11-13H2,1H3,(H,22,24)(H2,21,25,26). The van der Waals surface area contributed by atoms with Crippen molar-refractivity contribution in [1.82, 2.24) is 10.3 Å². The molecule has 0 radical (unpaired) electrons. The molecule has 0 unspecified atom stereocenters. The number of hydrogen-bond acceptors (Lipinski definition) is 6. The van der Waals surface area contributed by atoms with Gasteiger partial charge in [-0.05, 0) is 43.2 Å². The van der Waals surface area contributed by atoms with Crippen LogP contribution in [0.25, 0.3) is 0 Å². The summed E-state index contributed by atoms with van der Waals surface area (Å²) in [6, 6.07) is 15.7. The minimum absolute atomic E-state index is 0.0656. The number of amides is 1. The summed E-state index contributed by atoms with van der Waals surface area (Å²) in [5, 5.41) is 8.68. The Morgan fingerprint density at radius 1 is 1.14 bits per heavy atom. The van der Waals surface area contributed by atoms with E-state index in [1.54, 1.807) is 19.1 Å². The summed E-state index contributed by atoms with van der Waals surface area (Å²) in [5.41, 5.74) is 1.56. The number of nitrogens with two attached hydrogens (primary N) is 1. The van der Waals surface area contributed by atoms with E-state index in [0.29, 0.717) is 30.1 Å². The van der Waals surface area contributed by atoms with Gasteiger partial charge in [0, 0.05) is 6.54 Å². The van der Waals surface area contributed by atoms with Crippen LogP contribution in [0.2, 0.25) is 0 Å². The van der Waals surface area contributed by atoms with Crippen molar-refractivity contribution >= 4 is 27.3 Å². The summed E-state index contributed by atoms with van der Waals surface area (Å²) in [7, 11) is -3.70. The van der Waals surface area contributed by atoms with Crippen LogP contribution < -0.4 is 15.2 Å². The highest BCUT2D eigenvalue weighted by molar-refractivity contribution is 7.89. The van der Waals surface area contributed by atoms with E-state index in [1.165, 1.54) is 23.5 Å². The number of thiazole rings is 1. The molecule has 0 atom stereocenters. The number of sulfonamides is 1. The predicted octanol–water partition coefficient (Wildman–Crippen LogP) is 2.65. The lowest BCUT2D eigenvalue weighted by Gasteiger charge is -2.05. The minimum Gasteiger partial charge on any atom is -0.486 e. The molecular weight excluding hydrogens is 410 g/mol. The second-order valence-corrected chi connectivity index (χ2v) is 8.96. The lowest BCUT2D eigenvalue weighted by molar-refractivity contribution is 0.0957. The van der Waals surface area contributed by atoms with Gasteiger partial charge in [-0.3, -0.25) is 4.79 Å². The van der Waals surface area contributed by atoms with Gasteiger partial charge in [0.25, 0.3) is 5.91 Å². The maximum absolute atomic E-state index is 12.5. The molecule has 7 nitrogen and oxygen atoms in total. The van der Waals surface area contributed by atoms with Gasteiger partial charge in [-0.1, -0.05) is 30.3 Å². The Hall–Kier alpha value is -2.75. The number of para-hydroxylation sites is 1. The van der Waals surface area contributed by atoms with Crippen LogP contribution in [0.3, 0.4) is 0 Å².